The second-order valence-electron chi connectivity index (χ2n) is 10.7. The topological polar surface area (TPSA) is 81.9 Å². The Kier molecular flexibility index (Phi) is 7.37. The van der Waals surface area contributed by atoms with Gasteiger partial charge in [0, 0.05) is 37.0 Å². The maximum atomic E-state index is 15.2. The van der Waals surface area contributed by atoms with Gasteiger partial charge in [0.25, 0.3) is 5.91 Å². The highest BCUT2D eigenvalue weighted by Crippen LogP contribution is 2.35. The Morgan fingerprint density at radius 1 is 1.18 bits per heavy atom. The van der Waals surface area contributed by atoms with Gasteiger partial charge in [-0.15, -0.1) is 0 Å². The summed E-state index contributed by atoms with van der Waals surface area (Å²) in [4.78, 5) is 20.4. The Morgan fingerprint density at radius 3 is 2.74 bits per heavy atom. The molecule has 2 aliphatic rings. The van der Waals surface area contributed by atoms with Crippen LogP contribution in [0.15, 0.2) is 42.6 Å². The third-order valence-corrected chi connectivity index (χ3v) is 9.04. The lowest BCUT2D eigenvalue weighted by molar-refractivity contribution is 0.00569. The van der Waals surface area contributed by atoms with Crippen molar-refractivity contribution < 1.29 is 18.7 Å². The van der Waals surface area contributed by atoms with Crippen molar-refractivity contribution in [2.24, 2.45) is 0 Å². The summed E-state index contributed by atoms with van der Waals surface area (Å²) in [6.45, 7) is 4.41. The van der Waals surface area contributed by atoms with Gasteiger partial charge < -0.3 is 20.6 Å². The Hall–Kier alpha value is -2.92. The molecule has 3 N–H and O–H groups in total. The number of carbonyl (C=O) groups excluding carboxylic acids is 1. The van der Waals surface area contributed by atoms with E-state index in [1.165, 1.54) is 17.4 Å². The summed E-state index contributed by atoms with van der Waals surface area (Å²) in [5.41, 5.74) is 2.01. The number of halogens is 2. The molecule has 0 aliphatic carbocycles. The van der Waals surface area contributed by atoms with E-state index in [1.807, 2.05) is 22.7 Å². The van der Waals surface area contributed by atoms with E-state index in [1.54, 1.807) is 18.2 Å². The van der Waals surface area contributed by atoms with Crippen LogP contribution in [0.5, 0.6) is 0 Å². The number of hydrogen-bond acceptors (Lipinski definition) is 6. The lowest BCUT2D eigenvalue weighted by atomic mass is 9.84. The minimum absolute atomic E-state index is 0.122. The van der Waals surface area contributed by atoms with Crippen molar-refractivity contribution >= 4 is 32.4 Å². The van der Waals surface area contributed by atoms with Crippen LogP contribution in [0.2, 0.25) is 0 Å². The van der Waals surface area contributed by atoms with Crippen LogP contribution in [-0.2, 0) is 5.60 Å². The zero-order valence-electron chi connectivity index (χ0n) is 21.8. The number of imidazole rings is 1. The maximum Gasteiger partial charge on any atom is 0.251 e. The van der Waals surface area contributed by atoms with Crippen molar-refractivity contribution in [1.82, 2.24) is 24.9 Å². The van der Waals surface area contributed by atoms with Gasteiger partial charge in [-0.3, -0.25) is 9.20 Å². The Morgan fingerprint density at radius 2 is 1.97 bits per heavy atom. The largest absolute Gasteiger partial charge is 0.385 e. The first kappa shape index (κ1) is 26.3. The van der Waals surface area contributed by atoms with Crippen molar-refractivity contribution in [3.05, 3.63) is 59.5 Å². The number of amides is 1. The van der Waals surface area contributed by atoms with Gasteiger partial charge in [0.05, 0.1) is 21.5 Å². The van der Waals surface area contributed by atoms with Gasteiger partial charge >= 0.3 is 0 Å². The Labute approximate surface area is 229 Å². The number of piperidine rings is 2. The number of nitrogens with one attached hydrogen (secondary N) is 2. The molecule has 2 saturated heterocycles. The number of fused-ring (bicyclic) bond motifs is 3. The average molecular weight is 554 g/mol. The summed E-state index contributed by atoms with van der Waals surface area (Å²) in [7, 11) is 0. The lowest BCUT2D eigenvalue weighted by Gasteiger charge is -2.33. The average Bonchev–Trinajstić information content (AvgIpc) is 3.50. The van der Waals surface area contributed by atoms with Gasteiger partial charge in [-0.25, -0.2) is 13.8 Å². The summed E-state index contributed by atoms with van der Waals surface area (Å²) in [6.07, 6.45) is 4.28. The third kappa shape index (κ3) is 5.43. The van der Waals surface area contributed by atoms with Gasteiger partial charge in [0.15, 0.2) is 4.96 Å². The molecule has 0 radical (unpaired) electrons. The second kappa shape index (κ2) is 10.9. The molecule has 4 heterocycles. The summed E-state index contributed by atoms with van der Waals surface area (Å²) in [6, 6.07) is 10.5. The number of nitrogens with zero attached hydrogens (tertiary/aromatic N) is 3. The summed E-state index contributed by atoms with van der Waals surface area (Å²) in [5, 5.41) is 17.2. The number of aliphatic hydroxyl groups is 1. The normalized spacial score (nSPS) is 18.6. The summed E-state index contributed by atoms with van der Waals surface area (Å²) < 4.78 is 31.3. The number of benzene rings is 2. The quantitative estimate of drug-likeness (QED) is 0.294. The zero-order valence-corrected chi connectivity index (χ0v) is 22.6. The van der Waals surface area contributed by atoms with Gasteiger partial charge in [0.1, 0.15) is 12.0 Å². The number of alkyl halides is 1. The number of likely N-dealkylation sites (tertiary alicyclic amines) is 1. The number of carbonyl (C=O) groups is 1. The minimum Gasteiger partial charge on any atom is -0.385 e. The fraction of sp³-hybridized carbons (Fsp3) is 0.448. The molecule has 0 unspecified atom stereocenters. The molecule has 4 aromatic rings. The third-order valence-electron chi connectivity index (χ3n) is 8.02. The van der Waals surface area contributed by atoms with Crippen molar-refractivity contribution in [2.75, 3.05) is 39.3 Å². The molecule has 0 bridgehead atoms. The number of aromatic nitrogens is 2. The van der Waals surface area contributed by atoms with Crippen LogP contribution in [0.4, 0.5) is 8.78 Å². The van der Waals surface area contributed by atoms with Crippen LogP contribution in [0.25, 0.3) is 26.4 Å². The van der Waals surface area contributed by atoms with Crippen LogP contribution in [0, 0.1) is 5.82 Å². The molecule has 1 amide bonds. The van der Waals surface area contributed by atoms with E-state index in [2.05, 4.69) is 20.5 Å². The molecule has 0 atom stereocenters. The van der Waals surface area contributed by atoms with Gasteiger partial charge in [-0.1, -0.05) is 17.4 Å². The van der Waals surface area contributed by atoms with Gasteiger partial charge in [-0.2, -0.15) is 0 Å². The first-order valence-electron chi connectivity index (χ1n) is 13.7. The van der Waals surface area contributed by atoms with Crippen molar-refractivity contribution in [3.8, 4) is 11.3 Å². The fourth-order valence-electron chi connectivity index (χ4n) is 5.65. The Bertz CT molecular complexity index is 1490. The number of hydrogen-bond donors (Lipinski definition) is 3. The Balaban J connectivity index is 1.13. The van der Waals surface area contributed by atoms with Gasteiger partial charge in [-0.05, 0) is 87.6 Å². The van der Waals surface area contributed by atoms with Crippen LogP contribution < -0.4 is 10.6 Å². The SMILES string of the molecule is O=C(NCCCN1CCC(F)CC1)c1ccc2c(c1)sc1nc(-c3ccc(C4(O)CCNCC4)cc3F)cn12. The molecule has 0 spiro atoms. The zero-order chi connectivity index (χ0) is 27.0. The molecule has 2 fully saturated rings. The van der Waals surface area contributed by atoms with Crippen molar-refractivity contribution in [1.29, 1.82) is 0 Å². The van der Waals surface area contributed by atoms with E-state index in [9.17, 15) is 14.3 Å². The predicted octanol–water partition coefficient (Wildman–Crippen LogP) is 4.48. The minimum atomic E-state index is -1.01. The number of thiazole rings is 1. The number of rotatable bonds is 7. The molecule has 10 heteroatoms. The van der Waals surface area contributed by atoms with E-state index in [0.29, 0.717) is 67.7 Å². The highest BCUT2D eigenvalue weighted by Gasteiger charge is 2.32. The molecule has 206 valence electrons. The smallest absolute Gasteiger partial charge is 0.251 e. The fourth-order valence-corrected chi connectivity index (χ4v) is 6.69. The first-order valence-corrected chi connectivity index (χ1v) is 14.5. The van der Waals surface area contributed by atoms with Crippen LogP contribution in [-0.4, -0.2) is 70.7 Å². The molecule has 7 nitrogen and oxygen atoms in total. The summed E-state index contributed by atoms with van der Waals surface area (Å²) >= 11 is 1.45. The molecule has 2 aromatic carbocycles. The molecule has 2 aliphatic heterocycles. The van der Waals surface area contributed by atoms with Gasteiger partial charge in [0.2, 0.25) is 0 Å². The molecular formula is C29H33F2N5O2S. The van der Waals surface area contributed by atoms with Crippen molar-refractivity contribution in [3.63, 3.8) is 0 Å². The van der Waals surface area contributed by atoms with E-state index in [-0.39, 0.29) is 5.91 Å². The molecule has 39 heavy (non-hydrogen) atoms. The molecule has 6 rings (SSSR count). The monoisotopic (exact) mass is 553 g/mol. The van der Waals surface area contributed by atoms with Crippen molar-refractivity contribution in [2.45, 2.75) is 43.9 Å². The van der Waals surface area contributed by atoms with E-state index < -0.39 is 17.6 Å². The molecular weight excluding hydrogens is 520 g/mol. The second-order valence-corrected chi connectivity index (χ2v) is 11.7. The van der Waals surface area contributed by atoms with E-state index >= 15 is 4.39 Å². The molecule has 2 aromatic heterocycles. The highest BCUT2D eigenvalue weighted by molar-refractivity contribution is 7.23. The van der Waals surface area contributed by atoms with E-state index in [0.717, 1.165) is 41.2 Å². The van der Waals surface area contributed by atoms with Crippen LogP contribution in [0.3, 0.4) is 0 Å². The maximum absolute atomic E-state index is 15.2. The standard InChI is InChI=1S/C29H33F2N5O2S/c30-21-6-14-35(15-7-21)13-1-10-33-27(37)19-2-5-25-26(16-19)39-28-34-24(18-36(25)28)22-4-3-20(17-23(22)31)29(38)8-11-32-12-9-29/h2-5,16-18,21,32,38H,1,6-15H2,(H,33,37). The van der Waals surface area contributed by atoms with Crippen LogP contribution in [0.1, 0.15) is 48.0 Å². The van der Waals surface area contributed by atoms with E-state index in [4.69, 9.17) is 0 Å². The lowest BCUT2D eigenvalue weighted by Crippen LogP contribution is -2.39. The molecule has 0 saturated carbocycles. The summed E-state index contributed by atoms with van der Waals surface area (Å²) in [5.74, 6) is -0.524. The van der Waals surface area contributed by atoms with Crippen LogP contribution >= 0.6 is 11.3 Å². The highest BCUT2D eigenvalue weighted by atomic mass is 32.1. The first-order chi connectivity index (χ1) is 18.9. The predicted molar refractivity (Wildman–Crippen MR) is 149 cm³/mol.